The van der Waals surface area contributed by atoms with Gasteiger partial charge in [-0.3, -0.25) is 14.4 Å². The summed E-state index contributed by atoms with van der Waals surface area (Å²) < 4.78 is 1.92. The van der Waals surface area contributed by atoms with Gasteiger partial charge in [-0.2, -0.15) is 5.10 Å². The average Bonchev–Trinajstić information content (AvgIpc) is 3.10. The van der Waals surface area contributed by atoms with Gasteiger partial charge in [-0.25, -0.2) is 4.98 Å². The molecule has 3 heterocycles. The van der Waals surface area contributed by atoms with Gasteiger partial charge in [0.25, 0.3) is 5.56 Å². The Morgan fingerprint density at radius 2 is 2.08 bits per heavy atom. The maximum atomic E-state index is 12.6. The van der Waals surface area contributed by atoms with E-state index in [1.807, 2.05) is 41.2 Å². The van der Waals surface area contributed by atoms with E-state index in [0.29, 0.717) is 12.4 Å². The van der Waals surface area contributed by atoms with Crippen LogP contribution in [0.3, 0.4) is 0 Å². The van der Waals surface area contributed by atoms with Crippen molar-refractivity contribution >= 4 is 0 Å². The van der Waals surface area contributed by atoms with Crippen LogP contribution in [0, 0.1) is 0 Å². The first-order chi connectivity index (χ1) is 12.2. The van der Waals surface area contributed by atoms with E-state index in [-0.39, 0.29) is 5.56 Å². The van der Waals surface area contributed by atoms with Gasteiger partial charge in [0.05, 0.1) is 17.5 Å². The van der Waals surface area contributed by atoms with Crippen molar-refractivity contribution in [3.63, 3.8) is 0 Å². The molecule has 0 radical (unpaired) electrons. The topological polar surface area (TPSA) is 66.8 Å². The molecule has 1 N–H and O–H groups in total. The molecule has 6 nitrogen and oxygen atoms in total. The van der Waals surface area contributed by atoms with E-state index >= 15 is 0 Å². The summed E-state index contributed by atoms with van der Waals surface area (Å²) in [4.78, 5) is 22.5. The Labute approximate surface area is 146 Å². The molecule has 0 saturated heterocycles. The Kier molecular flexibility index (Phi) is 4.19. The summed E-state index contributed by atoms with van der Waals surface area (Å²) in [5.41, 5.74) is 3.79. The molecule has 2 aromatic heterocycles. The Hall–Kier alpha value is -2.73. The van der Waals surface area contributed by atoms with E-state index < -0.39 is 0 Å². The van der Waals surface area contributed by atoms with Crippen LogP contribution in [0.25, 0.3) is 11.4 Å². The molecule has 25 heavy (non-hydrogen) atoms. The maximum absolute atomic E-state index is 12.6. The highest BCUT2D eigenvalue weighted by Gasteiger charge is 2.21. The Morgan fingerprint density at radius 1 is 1.24 bits per heavy atom. The zero-order valence-electron chi connectivity index (χ0n) is 14.3. The summed E-state index contributed by atoms with van der Waals surface area (Å²) in [7, 11) is 0. The van der Waals surface area contributed by atoms with Crippen molar-refractivity contribution in [2.45, 2.75) is 33.0 Å². The number of hydrogen-bond donors (Lipinski definition) is 1. The fourth-order valence-corrected chi connectivity index (χ4v) is 3.27. The summed E-state index contributed by atoms with van der Waals surface area (Å²) in [6.45, 7) is 5.27. The van der Waals surface area contributed by atoms with E-state index in [1.54, 1.807) is 0 Å². The van der Waals surface area contributed by atoms with Gasteiger partial charge in [0.2, 0.25) is 0 Å². The molecule has 128 valence electrons. The van der Waals surface area contributed by atoms with Gasteiger partial charge in [-0.1, -0.05) is 30.3 Å². The monoisotopic (exact) mass is 335 g/mol. The molecule has 0 amide bonds. The minimum atomic E-state index is -0.0298. The molecule has 1 aliphatic rings. The third kappa shape index (κ3) is 3.25. The minimum absolute atomic E-state index is 0.0298. The molecular formula is C19H21N5O. The number of aryl methyl sites for hydroxylation is 1. The molecular weight excluding hydrogens is 314 g/mol. The molecule has 0 spiro atoms. The number of nitrogens with zero attached hydrogens (tertiary/aromatic N) is 4. The van der Waals surface area contributed by atoms with Gasteiger partial charge >= 0.3 is 0 Å². The first-order valence-electron chi connectivity index (χ1n) is 8.64. The van der Waals surface area contributed by atoms with Crippen molar-refractivity contribution in [1.29, 1.82) is 0 Å². The number of benzene rings is 1. The highest BCUT2D eigenvalue weighted by Crippen LogP contribution is 2.19. The van der Waals surface area contributed by atoms with E-state index in [9.17, 15) is 4.79 Å². The number of aromatic amines is 1. The fraction of sp³-hybridized carbons (Fsp3) is 0.316. The van der Waals surface area contributed by atoms with Crippen molar-refractivity contribution in [1.82, 2.24) is 24.6 Å². The molecule has 0 unspecified atom stereocenters. The largest absolute Gasteiger partial charge is 0.306 e. The molecule has 0 bridgehead atoms. The molecule has 6 heteroatoms. The van der Waals surface area contributed by atoms with Gasteiger partial charge in [0.15, 0.2) is 0 Å². The number of H-pyrrole nitrogens is 1. The third-order valence-electron chi connectivity index (χ3n) is 4.61. The van der Waals surface area contributed by atoms with Crippen LogP contribution in [0.2, 0.25) is 0 Å². The van der Waals surface area contributed by atoms with Gasteiger partial charge in [0, 0.05) is 49.9 Å². The molecule has 4 rings (SSSR count). The first kappa shape index (κ1) is 15.8. The lowest BCUT2D eigenvalue weighted by Gasteiger charge is -2.27. The van der Waals surface area contributed by atoms with Crippen LogP contribution >= 0.6 is 0 Å². The predicted molar refractivity (Wildman–Crippen MR) is 96.0 cm³/mol. The molecule has 0 fully saturated rings. The number of hydrogen-bond acceptors (Lipinski definition) is 4. The Morgan fingerprint density at radius 3 is 2.84 bits per heavy atom. The van der Waals surface area contributed by atoms with Crippen LogP contribution in [0.5, 0.6) is 0 Å². The molecule has 0 saturated carbocycles. The van der Waals surface area contributed by atoms with Crippen LogP contribution in [-0.2, 0) is 26.1 Å². The summed E-state index contributed by atoms with van der Waals surface area (Å²) in [6, 6.07) is 9.79. The second-order valence-electron chi connectivity index (χ2n) is 6.37. The second kappa shape index (κ2) is 6.64. The number of rotatable bonds is 4. The van der Waals surface area contributed by atoms with Crippen LogP contribution in [0.1, 0.15) is 23.7 Å². The lowest BCUT2D eigenvalue weighted by molar-refractivity contribution is 0.242. The predicted octanol–water partition coefficient (Wildman–Crippen LogP) is 2.21. The van der Waals surface area contributed by atoms with Gasteiger partial charge in [-0.15, -0.1) is 0 Å². The summed E-state index contributed by atoms with van der Waals surface area (Å²) in [6.07, 6.45) is 4.76. The lowest BCUT2D eigenvalue weighted by Crippen LogP contribution is -2.35. The van der Waals surface area contributed by atoms with Crippen LogP contribution in [-0.4, -0.2) is 31.2 Å². The van der Waals surface area contributed by atoms with Gasteiger partial charge in [0.1, 0.15) is 5.82 Å². The van der Waals surface area contributed by atoms with E-state index in [4.69, 9.17) is 4.98 Å². The SMILES string of the molecule is CCn1cc(CN2CCc3nc(-c4ccccc4)[nH]c(=O)c3C2)cn1. The molecule has 1 aromatic carbocycles. The van der Waals surface area contributed by atoms with E-state index in [0.717, 1.165) is 42.9 Å². The zero-order valence-corrected chi connectivity index (χ0v) is 14.3. The Bertz CT molecular complexity index is 928. The number of aromatic nitrogens is 4. The van der Waals surface area contributed by atoms with Crippen molar-refractivity contribution < 1.29 is 0 Å². The normalized spacial score (nSPS) is 14.4. The Balaban J connectivity index is 1.56. The highest BCUT2D eigenvalue weighted by atomic mass is 16.1. The van der Waals surface area contributed by atoms with E-state index in [1.165, 1.54) is 5.56 Å². The fourth-order valence-electron chi connectivity index (χ4n) is 3.27. The van der Waals surface area contributed by atoms with Crippen LogP contribution < -0.4 is 5.56 Å². The van der Waals surface area contributed by atoms with Crippen molar-refractivity contribution in [2.75, 3.05) is 6.54 Å². The molecule has 1 aliphatic heterocycles. The minimum Gasteiger partial charge on any atom is -0.306 e. The summed E-state index contributed by atoms with van der Waals surface area (Å²) in [5, 5.41) is 4.32. The number of nitrogens with one attached hydrogen (secondary N) is 1. The zero-order chi connectivity index (χ0) is 17.2. The van der Waals surface area contributed by atoms with Gasteiger partial charge in [-0.05, 0) is 6.92 Å². The van der Waals surface area contributed by atoms with Crippen LogP contribution in [0.15, 0.2) is 47.5 Å². The van der Waals surface area contributed by atoms with E-state index in [2.05, 4.69) is 28.1 Å². The quantitative estimate of drug-likeness (QED) is 0.794. The maximum Gasteiger partial charge on any atom is 0.255 e. The molecule has 3 aromatic rings. The third-order valence-corrected chi connectivity index (χ3v) is 4.61. The average molecular weight is 335 g/mol. The summed E-state index contributed by atoms with van der Waals surface area (Å²) >= 11 is 0. The smallest absolute Gasteiger partial charge is 0.255 e. The van der Waals surface area contributed by atoms with Crippen LogP contribution in [0.4, 0.5) is 0 Å². The van der Waals surface area contributed by atoms with Gasteiger partial charge < -0.3 is 4.98 Å². The lowest BCUT2D eigenvalue weighted by atomic mass is 10.1. The molecule has 0 atom stereocenters. The summed E-state index contributed by atoms with van der Waals surface area (Å²) in [5.74, 6) is 0.655. The highest BCUT2D eigenvalue weighted by molar-refractivity contribution is 5.54. The number of fused-ring (bicyclic) bond motifs is 1. The van der Waals surface area contributed by atoms with Crippen molar-refractivity contribution in [3.05, 3.63) is 69.9 Å². The van der Waals surface area contributed by atoms with Crippen molar-refractivity contribution in [2.24, 2.45) is 0 Å². The standard InChI is InChI=1S/C19H21N5O/c1-2-24-12-14(10-20-24)11-23-9-8-17-16(13-23)19(25)22-18(21-17)15-6-4-3-5-7-15/h3-7,10,12H,2,8-9,11,13H2,1H3,(H,21,22,25). The molecule has 0 aliphatic carbocycles. The van der Waals surface area contributed by atoms with Crippen molar-refractivity contribution in [3.8, 4) is 11.4 Å². The second-order valence-corrected chi connectivity index (χ2v) is 6.37. The first-order valence-corrected chi connectivity index (χ1v) is 8.64.